The highest BCUT2D eigenvalue weighted by molar-refractivity contribution is 5.20. The van der Waals surface area contributed by atoms with Crippen molar-refractivity contribution in [3.8, 4) is 0 Å². The van der Waals surface area contributed by atoms with E-state index in [0.717, 1.165) is 37.7 Å². The Labute approximate surface area is 119 Å². The maximum atomic E-state index is 4.52. The summed E-state index contributed by atoms with van der Waals surface area (Å²) >= 11 is 0. The van der Waals surface area contributed by atoms with E-state index in [2.05, 4.69) is 50.5 Å². The summed E-state index contributed by atoms with van der Waals surface area (Å²) in [4.78, 5) is 11.2. The van der Waals surface area contributed by atoms with Gasteiger partial charge in [0.25, 0.3) is 0 Å². The van der Waals surface area contributed by atoms with Crippen molar-refractivity contribution in [1.82, 2.24) is 20.2 Å². The van der Waals surface area contributed by atoms with Crippen molar-refractivity contribution >= 4 is 0 Å². The summed E-state index contributed by atoms with van der Waals surface area (Å²) < 4.78 is 0. The normalized spacial score (nSPS) is 19.9. The number of benzene rings is 1. The minimum atomic E-state index is 0.417. The van der Waals surface area contributed by atoms with E-state index < -0.39 is 0 Å². The zero-order valence-electron chi connectivity index (χ0n) is 11.8. The van der Waals surface area contributed by atoms with Gasteiger partial charge in [0.1, 0.15) is 5.82 Å². The lowest BCUT2D eigenvalue weighted by Gasteiger charge is -2.36. The Morgan fingerprint density at radius 1 is 1.25 bits per heavy atom. The van der Waals surface area contributed by atoms with E-state index in [9.17, 15) is 0 Å². The van der Waals surface area contributed by atoms with Crippen LogP contribution in [0.4, 0.5) is 0 Å². The first-order chi connectivity index (χ1) is 9.83. The number of hydrogen-bond acceptors (Lipinski definition) is 4. The van der Waals surface area contributed by atoms with Crippen LogP contribution < -0.4 is 5.32 Å². The number of hydrogen-bond donors (Lipinski definition) is 1. The average molecular weight is 268 g/mol. The molecule has 0 aliphatic carbocycles. The van der Waals surface area contributed by atoms with Crippen LogP contribution in [0.5, 0.6) is 0 Å². The van der Waals surface area contributed by atoms with E-state index >= 15 is 0 Å². The molecule has 3 rings (SSSR count). The zero-order chi connectivity index (χ0) is 13.8. The molecule has 1 aliphatic rings. The van der Waals surface area contributed by atoms with Gasteiger partial charge in [-0.3, -0.25) is 4.90 Å². The molecule has 104 valence electrons. The fourth-order valence-corrected chi connectivity index (χ4v) is 2.74. The molecule has 1 N–H and O–H groups in total. The van der Waals surface area contributed by atoms with E-state index in [-0.39, 0.29) is 0 Å². The summed E-state index contributed by atoms with van der Waals surface area (Å²) in [6.45, 7) is 5.89. The number of nitrogens with one attached hydrogen (secondary N) is 1. The quantitative estimate of drug-likeness (QED) is 0.923. The van der Waals surface area contributed by atoms with Crippen molar-refractivity contribution < 1.29 is 0 Å². The molecule has 2 aromatic rings. The second-order valence-electron chi connectivity index (χ2n) is 5.20. The molecule has 0 saturated carbocycles. The van der Waals surface area contributed by atoms with E-state index in [1.807, 2.05) is 19.2 Å². The second kappa shape index (κ2) is 6.11. The highest BCUT2D eigenvalue weighted by Gasteiger charge is 2.23. The molecule has 0 radical (unpaired) electrons. The standard InChI is InChI=1S/C16H20N4/c1-13-18-8-7-15(19-13)12-20-10-9-17-11-16(20)14-5-3-2-4-6-14/h2-8,16-17H,9-12H2,1H3. The van der Waals surface area contributed by atoms with Gasteiger partial charge in [0.05, 0.1) is 5.69 Å². The molecule has 1 aromatic carbocycles. The van der Waals surface area contributed by atoms with Crippen molar-refractivity contribution in [2.45, 2.75) is 19.5 Å². The molecule has 1 aliphatic heterocycles. The minimum Gasteiger partial charge on any atom is -0.314 e. The molecule has 0 bridgehead atoms. The first-order valence-corrected chi connectivity index (χ1v) is 7.11. The van der Waals surface area contributed by atoms with E-state index in [4.69, 9.17) is 0 Å². The van der Waals surface area contributed by atoms with Crippen LogP contribution in [-0.2, 0) is 6.54 Å². The van der Waals surface area contributed by atoms with Crippen molar-refractivity contribution in [3.05, 3.63) is 59.7 Å². The molecule has 1 aromatic heterocycles. The van der Waals surface area contributed by atoms with Gasteiger partial charge in [-0.2, -0.15) is 0 Å². The van der Waals surface area contributed by atoms with Crippen molar-refractivity contribution in [3.63, 3.8) is 0 Å². The Hall–Kier alpha value is -1.78. The predicted octanol–water partition coefficient (Wildman–Crippen LogP) is 1.93. The first kappa shape index (κ1) is 13.2. The van der Waals surface area contributed by atoms with Crippen LogP contribution >= 0.6 is 0 Å². The molecule has 1 atom stereocenters. The lowest BCUT2D eigenvalue weighted by Crippen LogP contribution is -2.45. The number of piperazine rings is 1. The van der Waals surface area contributed by atoms with Gasteiger partial charge in [-0.25, -0.2) is 9.97 Å². The van der Waals surface area contributed by atoms with Crippen LogP contribution in [0, 0.1) is 6.92 Å². The molecular formula is C16H20N4. The fraction of sp³-hybridized carbons (Fsp3) is 0.375. The molecule has 0 amide bonds. The van der Waals surface area contributed by atoms with Gasteiger partial charge in [0.2, 0.25) is 0 Å². The van der Waals surface area contributed by atoms with Crippen LogP contribution in [0.3, 0.4) is 0 Å². The van der Waals surface area contributed by atoms with Crippen molar-refractivity contribution in [2.75, 3.05) is 19.6 Å². The number of aromatic nitrogens is 2. The Balaban J connectivity index is 1.79. The molecule has 2 heterocycles. The van der Waals surface area contributed by atoms with Gasteiger partial charge < -0.3 is 5.32 Å². The Morgan fingerprint density at radius 2 is 2.10 bits per heavy atom. The highest BCUT2D eigenvalue weighted by atomic mass is 15.2. The molecule has 1 fully saturated rings. The molecule has 4 heteroatoms. The Bertz CT molecular complexity index is 555. The molecule has 0 spiro atoms. The van der Waals surface area contributed by atoms with E-state index in [1.54, 1.807) is 0 Å². The third kappa shape index (κ3) is 3.03. The van der Waals surface area contributed by atoms with Gasteiger partial charge in [0, 0.05) is 38.4 Å². The lowest BCUT2D eigenvalue weighted by molar-refractivity contribution is 0.152. The maximum absolute atomic E-state index is 4.52. The summed E-state index contributed by atoms with van der Waals surface area (Å²) in [5.74, 6) is 0.842. The lowest BCUT2D eigenvalue weighted by atomic mass is 10.0. The molecule has 1 saturated heterocycles. The topological polar surface area (TPSA) is 41.1 Å². The number of aryl methyl sites for hydroxylation is 1. The Kier molecular flexibility index (Phi) is 4.04. The summed E-state index contributed by atoms with van der Waals surface area (Å²) in [7, 11) is 0. The second-order valence-corrected chi connectivity index (χ2v) is 5.20. The van der Waals surface area contributed by atoms with Crippen LogP contribution in [0.15, 0.2) is 42.6 Å². The van der Waals surface area contributed by atoms with Gasteiger partial charge in [-0.1, -0.05) is 30.3 Å². The molecular weight excluding hydrogens is 248 g/mol. The van der Waals surface area contributed by atoms with Crippen molar-refractivity contribution in [1.29, 1.82) is 0 Å². The number of nitrogens with zero attached hydrogens (tertiary/aromatic N) is 3. The Morgan fingerprint density at radius 3 is 2.90 bits per heavy atom. The van der Waals surface area contributed by atoms with Gasteiger partial charge in [-0.05, 0) is 18.6 Å². The summed E-state index contributed by atoms with van der Waals surface area (Å²) in [5, 5.41) is 3.49. The third-order valence-electron chi connectivity index (χ3n) is 3.74. The van der Waals surface area contributed by atoms with Gasteiger partial charge in [0.15, 0.2) is 0 Å². The fourth-order valence-electron chi connectivity index (χ4n) is 2.74. The van der Waals surface area contributed by atoms with Crippen LogP contribution in [0.2, 0.25) is 0 Å². The van der Waals surface area contributed by atoms with E-state index in [0.29, 0.717) is 6.04 Å². The average Bonchev–Trinajstić information content (AvgIpc) is 2.49. The van der Waals surface area contributed by atoms with Crippen LogP contribution in [0.1, 0.15) is 23.1 Å². The molecule has 4 nitrogen and oxygen atoms in total. The van der Waals surface area contributed by atoms with Gasteiger partial charge >= 0.3 is 0 Å². The first-order valence-electron chi connectivity index (χ1n) is 7.11. The maximum Gasteiger partial charge on any atom is 0.125 e. The predicted molar refractivity (Wildman–Crippen MR) is 79.2 cm³/mol. The summed E-state index contributed by atoms with van der Waals surface area (Å²) in [5.41, 5.74) is 2.46. The zero-order valence-corrected chi connectivity index (χ0v) is 11.8. The largest absolute Gasteiger partial charge is 0.314 e. The SMILES string of the molecule is Cc1nccc(CN2CCNCC2c2ccccc2)n1. The highest BCUT2D eigenvalue weighted by Crippen LogP contribution is 2.23. The van der Waals surface area contributed by atoms with Crippen LogP contribution in [-0.4, -0.2) is 34.5 Å². The molecule has 20 heavy (non-hydrogen) atoms. The van der Waals surface area contributed by atoms with E-state index in [1.165, 1.54) is 5.56 Å². The van der Waals surface area contributed by atoms with Crippen LogP contribution in [0.25, 0.3) is 0 Å². The summed E-state index contributed by atoms with van der Waals surface area (Å²) in [6, 6.07) is 13.1. The molecule has 1 unspecified atom stereocenters. The third-order valence-corrected chi connectivity index (χ3v) is 3.74. The number of rotatable bonds is 3. The monoisotopic (exact) mass is 268 g/mol. The minimum absolute atomic E-state index is 0.417. The summed E-state index contributed by atoms with van der Waals surface area (Å²) in [6.07, 6.45) is 1.84. The van der Waals surface area contributed by atoms with Crippen molar-refractivity contribution in [2.24, 2.45) is 0 Å². The van der Waals surface area contributed by atoms with Gasteiger partial charge in [-0.15, -0.1) is 0 Å². The smallest absolute Gasteiger partial charge is 0.125 e.